The van der Waals surface area contributed by atoms with Gasteiger partial charge < -0.3 is 25.8 Å². The van der Waals surface area contributed by atoms with Gasteiger partial charge in [-0.05, 0) is 17.9 Å². The molecule has 0 heterocycles. The number of hydrogen-bond acceptors (Lipinski definition) is 6. The van der Waals surface area contributed by atoms with Gasteiger partial charge in [0.05, 0.1) is 7.11 Å². The molecule has 0 aromatic heterocycles. The number of carbonyl (C=O) groups is 4. The van der Waals surface area contributed by atoms with E-state index in [4.69, 9.17) is 10.5 Å². The maximum atomic E-state index is 12.5. The van der Waals surface area contributed by atoms with Crippen molar-refractivity contribution in [1.82, 2.24) is 10.6 Å². The standard InChI is InChI=1S/C19H27N3O6/c1-12(2)16(22-19(26)28-11-13-7-5-4-6-8-13)18(25)21-14(17(20)24)9-10-15(23)27-3/h4-8,12,14,16H,9-11H2,1-3H3,(H2,20,24)(H,21,25)(H,22,26)/t14-,16-/m0/s1. The summed E-state index contributed by atoms with van der Waals surface area (Å²) in [7, 11) is 1.22. The Morgan fingerprint density at radius 3 is 2.25 bits per heavy atom. The number of amides is 3. The molecule has 9 heteroatoms. The van der Waals surface area contributed by atoms with Crippen molar-refractivity contribution >= 4 is 23.9 Å². The lowest BCUT2D eigenvalue weighted by Gasteiger charge is -2.24. The molecule has 154 valence electrons. The molecule has 0 aliphatic carbocycles. The summed E-state index contributed by atoms with van der Waals surface area (Å²) in [6.07, 6.45) is -0.844. The molecule has 0 fully saturated rings. The summed E-state index contributed by atoms with van der Waals surface area (Å²) in [5.41, 5.74) is 6.09. The molecule has 0 saturated carbocycles. The number of benzene rings is 1. The van der Waals surface area contributed by atoms with Crippen molar-refractivity contribution in [3.8, 4) is 0 Å². The molecule has 1 rings (SSSR count). The van der Waals surface area contributed by atoms with Crippen LogP contribution in [0.15, 0.2) is 30.3 Å². The van der Waals surface area contributed by atoms with Crippen LogP contribution in [-0.2, 0) is 30.5 Å². The summed E-state index contributed by atoms with van der Waals surface area (Å²) in [5.74, 6) is -2.19. The number of alkyl carbamates (subject to hydrolysis) is 1. The Morgan fingerprint density at radius 2 is 1.71 bits per heavy atom. The number of esters is 1. The third-order valence-electron chi connectivity index (χ3n) is 3.96. The van der Waals surface area contributed by atoms with E-state index in [1.807, 2.05) is 18.2 Å². The number of carbonyl (C=O) groups excluding carboxylic acids is 4. The van der Waals surface area contributed by atoms with Crippen LogP contribution in [0.2, 0.25) is 0 Å². The molecule has 0 bridgehead atoms. The van der Waals surface area contributed by atoms with Crippen LogP contribution in [0, 0.1) is 5.92 Å². The van der Waals surface area contributed by atoms with E-state index in [-0.39, 0.29) is 25.4 Å². The van der Waals surface area contributed by atoms with Gasteiger partial charge in [-0.2, -0.15) is 0 Å². The van der Waals surface area contributed by atoms with Gasteiger partial charge in [0.2, 0.25) is 11.8 Å². The molecule has 0 spiro atoms. The number of ether oxygens (including phenoxy) is 2. The van der Waals surface area contributed by atoms with E-state index in [0.29, 0.717) is 0 Å². The van der Waals surface area contributed by atoms with Crippen molar-refractivity contribution in [1.29, 1.82) is 0 Å². The summed E-state index contributed by atoms with van der Waals surface area (Å²) in [6.45, 7) is 3.52. The zero-order valence-corrected chi connectivity index (χ0v) is 16.3. The molecule has 3 amide bonds. The maximum Gasteiger partial charge on any atom is 0.408 e. The summed E-state index contributed by atoms with van der Waals surface area (Å²) < 4.78 is 9.63. The highest BCUT2D eigenvalue weighted by atomic mass is 16.5. The van der Waals surface area contributed by atoms with Crippen molar-refractivity contribution in [2.45, 2.75) is 45.4 Å². The minimum absolute atomic E-state index is 0.00296. The molecule has 2 atom stereocenters. The molecule has 0 saturated heterocycles. The van der Waals surface area contributed by atoms with Crippen LogP contribution in [0.1, 0.15) is 32.3 Å². The quantitative estimate of drug-likeness (QED) is 0.504. The van der Waals surface area contributed by atoms with E-state index in [2.05, 4.69) is 15.4 Å². The Bertz CT molecular complexity index is 678. The highest BCUT2D eigenvalue weighted by Gasteiger charge is 2.28. The van der Waals surface area contributed by atoms with E-state index in [1.54, 1.807) is 26.0 Å². The average molecular weight is 393 g/mol. The normalized spacial score (nSPS) is 12.6. The molecule has 28 heavy (non-hydrogen) atoms. The average Bonchev–Trinajstić information content (AvgIpc) is 2.67. The summed E-state index contributed by atoms with van der Waals surface area (Å²) in [6, 6.07) is 7.09. The Balaban J connectivity index is 2.64. The van der Waals surface area contributed by atoms with Crippen molar-refractivity contribution < 1.29 is 28.7 Å². The first-order valence-corrected chi connectivity index (χ1v) is 8.88. The number of hydrogen-bond donors (Lipinski definition) is 3. The molecule has 0 aliphatic rings. The van der Waals surface area contributed by atoms with Gasteiger partial charge in [-0.25, -0.2) is 4.79 Å². The minimum atomic E-state index is -1.06. The lowest BCUT2D eigenvalue weighted by Crippen LogP contribution is -2.54. The Hall–Kier alpha value is -3.10. The van der Waals surface area contributed by atoms with E-state index in [1.165, 1.54) is 7.11 Å². The van der Waals surface area contributed by atoms with Crippen LogP contribution in [0.4, 0.5) is 4.79 Å². The number of rotatable bonds is 10. The number of nitrogens with two attached hydrogens (primary N) is 1. The molecule has 9 nitrogen and oxygen atoms in total. The molecule has 0 unspecified atom stereocenters. The van der Waals surface area contributed by atoms with Gasteiger partial charge >= 0.3 is 12.1 Å². The second-order valence-corrected chi connectivity index (χ2v) is 6.51. The second-order valence-electron chi connectivity index (χ2n) is 6.51. The van der Waals surface area contributed by atoms with E-state index >= 15 is 0 Å². The fourth-order valence-corrected chi connectivity index (χ4v) is 2.34. The van der Waals surface area contributed by atoms with Gasteiger partial charge in [0.1, 0.15) is 18.7 Å². The van der Waals surface area contributed by atoms with Gasteiger partial charge in [-0.15, -0.1) is 0 Å². The number of primary amides is 1. The van der Waals surface area contributed by atoms with Crippen molar-refractivity contribution in [3.05, 3.63) is 35.9 Å². The lowest BCUT2D eigenvalue weighted by atomic mass is 10.0. The Kier molecular flexibility index (Phi) is 9.49. The molecule has 4 N–H and O–H groups in total. The maximum absolute atomic E-state index is 12.5. The topological polar surface area (TPSA) is 137 Å². The predicted molar refractivity (Wildman–Crippen MR) is 101 cm³/mol. The van der Waals surface area contributed by atoms with Crippen LogP contribution >= 0.6 is 0 Å². The van der Waals surface area contributed by atoms with Crippen LogP contribution < -0.4 is 16.4 Å². The molecule has 0 radical (unpaired) electrons. The van der Waals surface area contributed by atoms with E-state index in [0.717, 1.165) is 5.56 Å². The summed E-state index contributed by atoms with van der Waals surface area (Å²) >= 11 is 0. The third-order valence-corrected chi connectivity index (χ3v) is 3.96. The van der Waals surface area contributed by atoms with Crippen molar-refractivity contribution in [2.75, 3.05) is 7.11 Å². The zero-order valence-electron chi connectivity index (χ0n) is 16.3. The monoisotopic (exact) mass is 393 g/mol. The van der Waals surface area contributed by atoms with Gasteiger partial charge in [0.15, 0.2) is 0 Å². The fraction of sp³-hybridized carbons (Fsp3) is 0.474. The van der Waals surface area contributed by atoms with Gasteiger partial charge in [-0.3, -0.25) is 14.4 Å². The highest BCUT2D eigenvalue weighted by molar-refractivity contribution is 5.91. The molecular weight excluding hydrogens is 366 g/mol. The predicted octanol–water partition coefficient (Wildman–Crippen LogP) is 0.861. The van der Waals surface area contributed by atoms with Crippen molar-refractivity contribution in [3.63, 3.8) is 0 Å². The van der Waals surface area contributed by atoms with Gasteiger partial charge in [-0.1, -0.05) is 44.2 Å². The first-order valence-electron chi connectivity index (χ1n) is 8.88. The highest BCUT2D eigenvalue weighted by Crippen LogP contribution is 2.06. The largest absolute Gasteiger partial charge is 0.469 e. The Labute approximate surface area is 163 Å². The van der Waals surface area contributed by atoms with Crippen LogP contribution in [0.25, 0.3) is 0 Å². The third kappa shape index (κ3) is 8.07. The summed E-state index contributed by atoms with van der Waals surface area (Å²) in [5, 5.41) is 4.95. The lowest BCUT2D eigenvalue weighted by molar-refractivity contribution is -0.141. The minimum Gasteiger partial charge on any atom is -0.469 e. The van der Waals surface area contributed by atoms with Crippen LogP contribution in [0.3, 0.4) is 0 Å². The first-order chi connectivity index (χ1) is 13.2. The van der Waals surface area contributed by atoms with Gasteiger partial charge in [0, 0.05) is 6.42 Å². The second kappa shape index (κ2) is 11.6. The smallest absolute Gasteiger partial charge is 0.408 e. The SMILES string of the molecule is COC(=O)CC[C@H](NC(=O)[C@@H](NC(=O)OCc1ccccc1)C(C)C)C(N)=O. The summed E-state index contributed by atoms with van der Waals surface area (Å²) in [4.78, 5) is 47.4. The van der Waals surface area contributed by atoms with E-state index in [9.17, 15) is 19.2 Å². The van der Waals surface area contributed by atoms with Gasteiger partial charge in [0.25, 0.3) is 0 Å². The molecule has 0 aliphatic heterocycles. The van der Waals surface area contributed by atoms with E-state index < -0.39 is 36.0 Å². The van der Waals surface area contributed by atoms with Crippen LogP contribution in [-0.4, -0.2) is 43.1 Å². The van der Waals surface area contributed by atoms with Crippen LogP contribution in [0.5, 0.6) is 0 Å². The molecule has 1 aromatic rings. The molecule has 1 aromatic carbocycles. The number of nitrogens with one attached hydrogen (secondary N) is 2. The first kappa shape index (κ1) is 22.9. The number of methoxy groups -OCH3 is 1. The zero-order chi connectivity index (χ0) is 21.1. The Morgan fingerprint density at radius 1 is 1.07 bits per heavy atom. The van der Waals surface area contributed by atoms with Crippen molar-refractivity contribution in [2.24, 2.45) is 11.7 Å². The molecular formula is C19H27N3O6. The fourth-order valence-electron chi connectivity index (χ4n) is 2.34.